The Labute approximate surface area is 162 Å². The van der Waals surface area contributed by atoms with Crippen LogP contribution in [0.4, 0.5) is 26.3 Å². The van der Waals surface area contributed by atoms with Gasteiger partial charge in [-0.3, -0.25) is 4.90 Å². The van der Waals surface area contributed by atoms with E-state index in [1.165, 1.54) is 18.2 Å². The Kier molecular flexibility index (Phi) is 4.80. The number of imidazole rings is 1. The van der Waals surface area contributed by atoms with Crippen molar-refractivity contribution in [3.05, 3.63) is 65.0 Å². The fourth-order valence-electron chi connectivity index (χ4n) is 3.66. The van der Waals surface area contributed by atoms with E-state index in [4.69, 9.17) is 0 Å². The first-order chi connectivity index (χ1) is 13.6. The molecule has 0 amide bonds. The molecule has 1 unspecified atom stereocenters. The number of nitrogens with one attached hydrogen (secondary N) is 1. The lowest BCUT2D eigenvalue weighted by Gasteiger charge is -2.16. The first kappa shape index (κ1) is 19.8. The van der Waals surface area contributed by atoms with E-state index in [-0.39, 0.29) is 5.92 Å². The highest BCUT2D eigenvalue weighted by molar-refractivity contribution is 5.76. The molecule has 0 spiro atoms. The predicted molar refractivity (Wildman–Crippen MR) is 95.2 cm³/mol. The largest absolute Gasteiger partial charge is 0.416 e. The minimum Gasteiger partial charge on any atom is -0.342 e. The Hall–Kier alpha value is -2.55. The van der Waals surface area contributed by atoms with Gasteiger partial charge in [-0.25, -0.2) is 4.98 Å². The van der Waals surface area contributed by atoms with Crippen LogP contribution in [0.3, 0.4) is 0 Å². The van der Waals surface area contributed by atoms with Gasteiger partial charge in [-0.05, 0) is 48.9 Å². The Morgan fingerprint density at radius 3 is 2.24 bits per heavy atom. The Morgan fingerprint density at radius 2 is 1.59 bits per heavy atom. The number of aromatic amines is 1. The highest BCUT2D eigenvalue weighted by Gasteiger charge is 2.32. The molecule has 154 valence electrons. The Balaban J connectivity index is 1.44. The highest BCUT2D eigenvalue weighted by atomic mass is 19.4. The molecular formula is C20H17F6N3. The number of rotatable bonds is 3. The minimum absolute atomic E-state index is 0.0335. The van der Waals surface area contributed by atoms with Crippen molar-refractivity contribution in [2.24, 2.45) is 0 Å². The molecule has 3 nitrogen and oxygen atoms in total. The summed E-state index contributed by atoms with van der Waals surface area (Å²) in [4.78, 5) is 9.52. The number of likely N-dealkylation sites (tertiary alicyclic amines) is 1. The Bertz CT molecular complexity index is 1000. The van der Waals surface area contributed by atoms with Crippen molar-refractivity contribution in [2.75, 3.05) is 13.1 Å². The fourth-order valence-corrected chi connectivity index (χ4v) is 3.66. The molecule has 0 aliphatic carbocycles. The predicted octanol–water partition coefficient (Wildman–Crippen LogP) is 5.59. The van der Waals surface area contributed by atoms with Crippen LogP contribution in [0.1, 0.15) is 34.9 Å². The molecule has 0 bridgehead atoms. The van der Waals surface area contributed by atoms with Gasteiger partial charge < -0.3 is 4.98 Å². The van der Waals surface area contributed by atoms with Crippen LogP contribution in [-0.2, 0) is 18.9 Å². The minimum atomic E-state index is -4.41. The molecule has 4 rings (SSSR count). The van der Waals surface area contributed by atoms with Gasteiger partial charge in [0.15, 0.2) is 0 Å². The lowest BCUT2D eigenvalue weighted by Crippen LogP contribution is -2.20. The molecule has 3 aromatic rings. The number of nitrogens with zero attached hydrogens (tertiary/aromatic N) is 2. The quantitative estimate of drug-likeness (QED) is 0.568. The summed E-state index contributed by atoms with van der Waals surface area (Å²) in [5.41, 5.74) is 0.194. The van der Waals surface area contributed by atoms with Gasteiger partial charge in [0, 0.05) is 19.0 Å². The van der Waals surface area contributed by atoms with Crippen molar-refractivity contribution in [2.45, 2.75) is 31.2 Å². The molecule has 1 atom stereocenters. The normalized spacial score (nSPS) is 18.6. The molecule has 0 radical (unpaired) electrons. The number of alkyl halides is 6. The lowest BCUT2D eigenvalue weighted by atomic mass is 10.1. The first-order valence-corrected chi connectivity index (χ1v) is 9.05. The van der Waals surface area contributed by atoms with Crippen molar-refractivity contribution in [3.8, 4) is 0 Å². The maximum atomic E-state index is 12.9. The Morgan fingerprint density at radius 1 is 0.931 bits per heavy atom. The molecule has 1 fully saturated rings. The summed E-state index contributed by atoms with van der Waals surface area (Å²) in [6.07, 6.45) is -8.00. The first-order valence-electron chi connectivity index (χ1n) is 9.05. The molecule has 1 aliphatic rings. The van der Waals surface area contributed by atoms with E-state index in [2.05, 4.69) is 14.9 Å². The van der Waals surface area contributed by atoms with E-state index >= 15 is 0 Å². The molecule has 1 aliphatic heterocycles. The number of aromatic nitrogens is 2. The fraction of sp³-hybridized carbons (Fsp3) is 0.350. The maximum absolute atomic E-state index is 12.9. The average molecular weight is 413 g/mol. The van der Waals surface area contributed by atoms with E-state index in [0.29, 0.717) is 29.9 Å². The smallest absolute Gasteiger partial charge is 0.342 e. The number of H-pyrrole nitrogens is 1. The summed E-state index contributed by atoms with van der Waals surface area (Å²) in [5.74, 6) is 0.667. The van der Waals surface area contributed by atoms with Gasteiger partial charge in [-0.1, -0.05) is 12.1 Å². The molecule has 1 aromatic heterocycles. The maximum Gasteiger partial charge on any atom is 0.416 e. The van der Waals surface area contributed by atoms with Crippen LogP contribution in [0.5, 0.6) is 0 Å². The van der Waals surface area contributed by atoms with Gasteiger partial charge in [0.2, 0.25) is 0 Å². The summed E-state index contributed by atoms with van der Waals surface area (Å²) in [7, 11) is 0. The van der Waals surface area contributed by atoms with E-state index < -0.39 is 23.5 Å². The van der Waals surface area contributed by atoms with E-state index in [0.717, 1.165) is 42.8 Å². The van der Waals surface area contributed by atoms with Gasteiger partial charge >= 0.3 is 12.4 Å². The lowest BCUT2D eigenvalue weighted by molar-refractivity contribution is -0.138. The monoisotopic (exact) mass is 413 g/mol. The number of benzene rings is 2. The molecule has 2 heterocycles. The summed E-state index contributed by atoms with van der Waals surface area (Å²) in [5, 5.41) is 0. The zero-order chi connectivity index (χ0) is 20.8. The van der Waals surface area contributed by atoms with Crippen LogP contribution in [0, 0.1) is 0 Å². The van der Waals surface area contributed by atoms with Crippen LogP contribution in [0.2, 0.25) is 0 Å². The number of hydrogen-bond donors (Lipinski definition) is 1. The summed E-state index contributed by atoms with van der Waals surface area (Å²) in [6.45, 7) is 1.87. The zero-order valence-electron chi connectivity index (χ0n) is 15.1. The van der Waals surface area contributed by atoms with Crippen LogP contribution in [0.15, 0.2) is 42.5 Å². The van der Waals surface area contributed by atoms with Gasteiger partial charge in [0.25, 0.3) is 0 Å². The average Bonchev–Trinajstić information content (AvgIpc) is 3.26. The molecule has 1 saturated heterocycles. The second-order valence-electron chi connectivity index (χ2n) is 7.27. The standard InChI is InChI=1S/C20H17F6N3/c21-19(22,23)14-3-1-12(2-4-14)10-29-8-7-13(11-29)18-27-16-6-5-15(20(24,25)26)9-17(16)28-18/h1-6,9,13H,7-8,10-11H2,(H,27,28). The van der Waals surface area contributed by atoms with Gasteiger partial charge in [-0.2, -0.15) is 26.3 Å². The van der Waals surface area contributed by atoms with E-state index in [1.54, 1.807) is 0 Å². The van der Waals surface area contributed by atoms with Crippen molar-refractivity contribution in [1.82, 2.24) is 14.9 Å². The molecular weight excluding hydrogens is 396 g/mol. The van der Waals surface area contributed by atoms with Gasteiger partial charge in [0.1, 0.15) is 5.82 Å². The summed E-state index contributed by atoms with van der Waals surface area (Å²) >= 11 is 0. The second-order valence-corrected chi connectivity index (χ2v) is 7.27. The van der Waals surface area contributed by atoms with Crippen molar-refractivity contribution >= 4 is 11.0 Å². The van der Waals surface area contributed by atoms with Gasteiger partial charge in [0.05, 0.1) is 22.2 Å². The van der Waals surface area contributed by atoms with Gasteiger partial charge in [-0.15, -0.1) is 0 Å². The second kappa shape index (κ2) is 7.05. The van der Waals surface area contributed by atoms with Crippen LogP contribution in [0.25, 0.3) is 11.0 Å². The number of fused-ring (bicyclic) bond motifs is 1. The van der Waals surface area contributed by atoms with E-state index in [1.807, 2.05) is 0 Å². The molecule has 29 heavy (non-hydrogen) atoms. The topological polar surface area (TPSA) is 31.9 Å². The SMILES string of the molecule is FC(F)(F)c1ccc(CN2CCC(c3nc4ccc(C(F)(F)F)cc4[nH]3)C2)cc1. The van der Waals surface area contributed by atoms with Crippen LogP contribution in [-0.4, -0.2) is 28.0 Å². The zero-order valence-corrected chi connectivity index (χ0v) is 15.1. The van der Waals surface area contributed by atoms with Crippen LogP contribution >= 0.6 is 0 Å². The highest BCUT2D eigenvalue weighted by Crippen LogP contribution is 2.33. The number of hydrogen-bond acceptors (Lipinski definition) is 2. The van der Waals surface area contributed by atoms with E-state index in [9.17, 15) is 26.3 Å². The molecule has 9 heteroatoms. The molecule has 0 saturated carbocycles. The number of halogens is 6. The van der Waals surface area contributed by atoms with Crippen molar-refractivity contribution in [3.63, 3.8) is 0 Å². The third kappa shape index (κ3) is 4.24. The third-order valence-electron chi connectivity index (χ3n) is 5.17. The third-order valence-corrected chi connectivity index (χ3v) is 5.17. The van der Waals surface area contributed by atoms with Crippen molar-refractivity contribution in [1.29, 1.82) is 0 Å². The van der Waals surface area contributed by atoms with Crippen molar-refractivity contribution < 1.29 is 26.3 Å². The molecule has 2 aromatic carbocycles. The van der Waals surface area contributed by atoms with Crippen LogP contribution < -0.4 is 0 Å². The summed E-state index contributed by atoms with van der Waals surface area (Å²) in [6, 6.07) is 8.50. The molecule has 1 N–H and O–H groups in total. The summed E-state index contributed by atoms with van der Waals surface area (Å²) < 4.78 is 76.6.